The number of methoxy groups -OCH3 is 1. The summed E-state index contributed by atoms with van der Waals surface area (Å²) in [6, 6.07) is 15.5. The summed E-state index contributed by atoms with van der Waals surface area (Å²) >= 11 is 1.52. The Balaban J connectivity index is 1.98. The fourth-order valence-electron chi connectivity index (χ4n) is 2.38. The van der Waals surface area contributed by atoms with Crippen molar-refractivity contribution in [2.75, 3.05) is 25.2 Å². The van der Waals surface area contributed by atoms with Crippen molar-refractivity contribution in [3.8, 4) is 0 Å². The van der Waals surface area contributed by atoms with Crippen LogP contribution in [-0.2, 0) is 4.74 Å². The van der Waals surface area contributed by atoms with Crippen LogP contribution in [0.1, 0.15) is 15.9 Å². The number of carbonyl (C=O) groups excluding carboxylic acids is 1. The van der Waals surface area contributed by atoms with Crippen LogP contribution < -0.4 is 4.90 Å². The van der Waals surface area contributed by atoms with Gasteiger partial charge in [-0.2, -0.15) is 0 Å². The van der Waals surface area contributed by atoms with Gasteiger partial charge in [-0.3, -0.25) is 9.69 Å². The van der Waals surface area contributed by atoms with Crippen molar-refractivity contribution >= 4 is 32.6 Å². The molecule has 0 radical (unpaired) electrons. The fraction of sp³-hybridized carbons (Fsp3) is 0.222. The summed E-state index contributed by atoms with van der Waals surface area (Å²) in [5.41, 5.74) is 2.64. The van der Waals surface area contributed by atoms with Crippen LogP contribution in [0.2, 0.25) is 0 Å². The maximum Gasteiger partial charge on any atom is 0.260 e. The second-order valence-corrected chi connectivity index (χ2v) is 6.29. The Hall–Kier alpha value is -2.24. The average Bonchev–Trinajstić information content (AvgIpc) is 2.98. The van der Waals surface area contributed by atoms with Gasteiger partial charge >= 0.3 is 0 Å². The van der Waals surface area contributed by atoms with Crippen LogP contribution >= 0.6 is 11.3 Å². The minimum atomic E-state index is -0.0511. The maximum atomic E-state index is 12.9. The van der Waals surface area contributed by atoms with Gasteiger partial charge in [0.2, 0.25) is 0 Å². The highest BCUT2D eigenvalue weighted by Crippen LogP contribution is 2.29. The number of benzene rings is 2. The van der Waals surface area contributed by atoms with Crippen LogP contribution in [-0.4, -0.2) is 31.2 Å². The Morgan fingerprint density at radius 3 is 2.78 bits per heavy atom. The summed E-state index contributed by atoms with van der Waals surface area (Å²) in [5, 5.41) is 0.703. The molecule has 118 valence electrons. The van der Waals surface area contributed by atoms with Crippen LogP contribution in [0.15, 0.2) is 48.5 Å². The van der Waals surface area contributed by atoms with Gasteiger partial charge in [-0.15, -0.1) is 0 Å². The Morgan fingerprint density at radius 1 is 1.22 bits per heavy atom. The van der Waals surface area contributed by atoms with Crippen LogP contribution in [0, 0.1) is 6.92 Å². The monoisotopic (exact) mass is 326 g/mol. The molecule has 1 aromatic heterocycles. The molecule has 2 aromatic carbocycles. The molecular formula is C18H18N2O2S. The van der Waals surface area contributed by atoms with Gasteiger partial charge in [-0.25, -0.2) is 4.98 Å². The normalized spacial score (nSPS) is 10.9. The summed E-state index contributed by atoms with van der Waals surface area (Å²) < 4.78 is 6.23. The summed E-state index contributed by atoms with van der Waals surface area (Å²) in [6.07, 6.45) is 0. The predicted octanol–water partition coefficient (Wildman–Crippen LogP) is 3.90. The molecule has 0 aliphatic carbocycles. The molecule has 1 amide bonds. The van der Waals surface area contributed by atoms with Crippen LogP contribution in [0.25, 0.3) is 10.2 Å². The molecule has 0 unspecified atom stereocenters. The van der Waals surface area contributed by atoms with E-state index in [0.29, 0.717) is 23.8 Å². The molecule has 0 saturated carbocycles. The third-order valence-corrected chi connectivity index (χ3v) is 4.60. The van der Waals surface area contributed by atoms with Gasteiger partial charge in [0.05, 0.1) is 23.4 Å². The zero-order valence-electron chi connectivity index (χ0n) is 13.2. The molecule has 0 saturated heterocycles. The van der Waals surface area contributed by atoms with E-state index in [1.165, 1.54) is 11.3 Å². The van der Waals surface area contributed by atoms with Gasteiger partial charge in [0.15, 0.2) is 5.13 Å². The molecule has 0 fully saturated rings. The minimum absolute atomic E-state index is 0.0511. The van der Waals surface area contributed by atoms with Gasteiger partial charge in [-0.05, 0) is 31.2 Å². The molecule has 23 heavy (non-hydrogen) atoms. The molecule has 0 aliphatic heterocycles. The fourth-order valence-corrected chi connectivity index (χ4v) is 3.37. The Labute approximate surface area is 139 Å². The van der Waals surface area contributed by atoms with Crippen molar-refractivity contribution in [3.05, 3.63) is 59.7 Å². The average molecular weight is 326 g/mol. The first-order chi connectivity index (χ1) is 11.2. The second kappa shape index (κ2) is 6.89. The molecule has 0 aliphatic rings. The van der Waals surface area contributed by atoms with Crippen LogP contribution in [0.5, 0.6) is 0 Å². The summed E-state index contributed by atoms with van der Waals surface area (Å²) in [7, 11) is 1.63. The van der Waals surface area contributed by atoms with Crippen LogP contribution in [0.3, 0.4) is 0 Å². The van der Waals surface area contributed by atoms with Gasteiger partial charge < -0.3 is 4.74 Å². The quantitative estimate of drug-likeness (QED) is 0.714. The van der Waals surface area contributed by atoms with Crippen molar-refractivity contribution in [1.29, 1.82) is 0 Å². The molecule has 0 N–H and O–H groups in total. The van der Waals surface area contributed by atoms with Crippen molar-refractivity contribution in [3.63, 3.8) is 0 Å². The number of aryl methyl sites for hydroxylation is 1. The maximum absolute atomic E-state index is 12.9. The highest BCUT2D eigenvalue weighted by Gasteiger charge is 2.21. The number of amides is 1. The van der Waals surface area contributed by atoms with E-state index in [4.69, 9.17) is 4.74 Å². The number of anilines is 1. The lowest BCUT2D eigenvalue weighted by atomic mass is 10.1. The lowest BCUT2D eigenvalue weighted by Crippen LogP contribution is -2.33. The number of para-hydroxylation sites is 1. The Kier molecular flexibility index (Phi) is 4.69. The topological polar surface area (TPSA) is 42.4 Å². The van der Waals surface area contributed by atoms with Gasteiger partial charge in [0, 0.05) is 12.7 Å². The number of nitrogens with zero attached hydrogens (tertiary/aromatic N) is 2. The van der Waals surface area contributed by atoms with Crippen molar-refractivity contribution in [1.82, 2.24) is 4.98 Å². The predicted molar refractivity (Wildman–Crippen MR) is 94.4 cm³/mol. The summed E-state index contributed by atoms with van der Waals surface area (Å²) in [5.74, 6) is -0.0511. The van der Waals surface area contributed by atoms with Gasteiger partial charge in [0.25, 0.3) is 5.91 Å². The molecular weight excluding hydrogens is 308 g/mol. The number of ether oxygens (including phenoxy) is 1. The largest absolute Gasteiger partial charge is 0.383 e. The third kappa shape index (κ3) is 3.41. The Morgan fingerprint density at radius 2 is 2.04 bits per heavy atom. The van der Waals surface area contributed by atoms with E-state index in [2.05, 4.69) is 4.98 Å². The second-order valence-electron chi connectivity index (χ2n) is 5.28. The zero-order valence-corrected chi connectivity index (χ0v) is 14.0. The van der Waals surface area contributed by atoms with Crippen molar-refractivity contribution in [2.24, 2.45) is 0 Å². The van der Waals surface area contributed by atoms with E-state index in [0.717, 1.165) is 15.8 Å². The molecule has 3 rings (SSSR count). The highest BCUT2D eigenvalue weighted by molar-refractivity contribution is 7.22. The number of hydrogen-bond acceptors (Lipinski definition) is 4. The molecule has 4 nitrogen and oxygen atoms in total. The first-order valence-electron chi connectivity index (χ1n) is 7.42. The lowest BCUT2D eigenvalue weighted by molar-refractivity contribution is 0.0976. The number of carbonyl (C=O) groups is 1. The standard InChI is InChI=1S/C18H18N2O2S/c1-13-6-5-7-14(12-13)17(21)20(10-11-22-2)18-19-15-8-3-4-9-16(15)23-18/h3-9,12H,10-11H2,1-2H3. The van der Waals surface area contributed by atoms with Crippen LogP contribution in [0.4, 0.5) is 5.13 Å². The molecule has 5 heteroatoms. The number of aromatic nitrogens is 1. The van der Waals surface area contributed by atoms with Crippen molar-refractivity contribution in [2.45, 2.75) is 6.92 Å². The van der Waals surface area contributed by atoms with E-state index in [9.17, 15) is 4.79 Å². The number of rotatable bonds is 5. The third-order valence-electron chi connectivity index (χ3n) is 3.54. The van der Waals surface area contributed by atoms with E-state index in [-0.39, 0.29) is 5.91 Å². The van der Waals surface area contributed by atoms with E-state index >= 15 is 0 Å². The van der Waals surface area contributed by atoms with Gasteiger partial charge in [-0.1, -0.05) is 41.2 Å². The number of thiazole rings is 1. The lowest BCUT2D eigenvalue weighted by Gasteiger charge is -2.19. The summed E-state index contributed by atoms with van der Waals surface area (Å²) in [6.45, 7) is 2.92. The van der Waals surface area contributed by atoms with E-state index in [1.54, 1.807) is 12.0 Å². The number of fused-ring (bicyclic) bond motifs is 1. The van der Waals surface area contributed by atoms with Gasteiger partial charge in [0.1, 0.15) is 0 Å². The molecule has 1 heterocycles. The Bertz CT molecular complexity index is 796. The SMILES string of the molecule is COCCN(C(=O)c1cccc(C)c1)c1nc2ccccc2s1. The van der Waals surface area contributed by atoms with Crippen molar-refractivity contribution < 1.29 is 9.53 Å². The smallest absolute Gasteiger partial charge is 0.260 e. The van der Waals surface area contributed by atoms with E-state index in [1.807, 2.05) is 55.5 Å². The van der Waals surface area contributed by atoms with E-state index < -0.39 is 0 Å². The molecule has 3 aromatic rings. The zero-order chi connectivity index (χ0) is 16.2. The first kappa shape index (κ1) is 15.6. The molecule has 0 bridgehead atoms. The highest BCUT2D eigenvalue weighted by atomic mass is 32.1. The first-order valence-corrected chi connectivity index (χ1v) is 8.24. The minimum Gasteiger partial charge on any atom is -0.383 e. The molecule has 0 spiro atoms. The number of hydrogen-bond donors (Lipinski definition) is 0. The summed E-state index contributed by atoms with van der Waals surface area (Å²) in [4.78, 5) is 19.2. The molecule has 0 atom stereocenters.